The first-order valence-corrected chi connectivity index (χ1v) is 13.7. The molecule has 212 valence electrons. The fourth-order valence-corrected chi connectivity index (χ4v) is 4.93. The lowest BCUT2D eigenvalue weighted by Crippen LogP contribution is -2.07. The minimum atomic E-state index is -0.409. The summed E-state index contributed by atoms with van der Waals surface area (Å²) in [6, 6.07) is 29.7. The molecule has 0 radical (unpaired) electrons. The van der Waals surface area contributed by atoms with Crippen LogP contribution in [0.1, 0.15) is 50.2 Å². The molecule has 5 rings (SSSR count). The van der Waals surface area contributed by atoms with Crippen LogP contribution in [0.3, 0.4) is 0 Å². The summed E-state index contributed by atoms with van der Waals surface area (Å²) in [5, 5.41) is 0.846. The maximum Gasteiger partial charge on any atom is 0.338 e. The quantitative estimate of drug-likeness (QED) is 0.101. The second-order valence-corrected chi connectivity index (χ2v) is 9.83. The number of aromatic amines is 1. The minimum Gasteiger partial charge on any atom is -0.457 e. The summed E-state index contributed by atoms with van der Waals surface area (Å²) in [4.78, 5) is 41.8. The lowest BCUT2D eigenvalue weighted by Gasteiger charge is -2.12. The van der Waals surface area contributed by atoms with Crippen LogP contribution in [0.4, 0.5) is 0 Å². The van der Waals surface area contributed by atoms with Crippen molar-refractivity contribution >= 4 is 28.6 Å². The van der Waals surface area contributed by atoms with Crippen molar-refractivity contribution in [2.45, 2.75) is 25.9 Å². The Labute approximate surface area is 244 Å². The summed E-state index contributed by atoms with van der Waals surface area (Å²) in [6.45, 7) is 0.133. The summed E-state index contributed by atoms with van der Waals surface area (Å²) in [5.41, 5.74) is 5.89. The smallest absolute Gasteiger partial charge is 0.338 e. The normalized spacial score (nSPS) is 10.9. The van der Waals surface area contributed by atoms with E-state index in [0.29, 0.717) is 29.5 Å². The third-order valence-corrected chi connectivity index (χ3v) is 7.01. The summed E-state index contributed by atoms with van der Waals surface area (Å²) < 4.78 is 15.2. The molecule has 4 aromatic carbocycles. The largest absolute Gasteiger partial charge is 0.457 e. The zero-order valence-corrected chi connectivity index (χ0v) is 23.3. The van der Waals surface area contributed by atoms with Gasteiger partial charge in [-0.15, -0.1) is 0 Å². The number of aryl methyl sites for hydroxylation is 1. The number of benzene rings is 4. The van der Waals surface area contributed by atoms with E-state index < -0.39 is 5.97 Å². The highest BCUT2D eigenvalue weighted by Gasteiger charge is 2.20. The molecule has 5 aromatic rings. The Morgan fingerprint density at radius 1 is 0.762 bits per heavy atom. The van der Waals surface area contributed by atoms with Crippen molar-refractivity contribution < 1.29 is 28.6 Å². The van der Waals surface area contributed by atoms with Crippen molar-refractivity contribution in [2.75, 3.05) is 13.9 Å². The van der Waals surface area contributed by atoms with Crippen molar-refractivity contribution in [1.29, 1.82) is 0 Å². The van der Waals surface area contributed by atoms with Crippen LogP contribution in [0, 0.1) is 0 Å². The van der Waals surface area contributed by atoms with Crippen molar-refractivity contribution in [2.24, 2.45) is 0 Å². The van der Waals surface area contributed by atoms with Crippen molar-refractivity contribution in [3.63, 3.8) is 0 Å². The molecular weight excluding hydrogens is 530 g/mol. The van der Waals surface area contributed by atoms with Crippen LogP contribution in [0.2, 0.25) is 0 Å². The van der Waals surface area contributed by atoms with Gasteiger partial charge in [0.15, 0.2) is 12.6 Å². The molecule has 0 aliphatic heterocycles. The Morgan fingerprint density at radius 3 is 2.29 bits per heavy atom. The second-order valence-electron chi connectivity index (χ2n) is 9.83. The number of nitrogens with one attached hydrogen (secondary N) is 1. The Morgan fingerprint density at radius 2 is 1.50 bits per heavy atom. The van der Waals surface area contributed by atoms with Gasteiger partial charge >= 0.3 is 11.9 Å². The van der Waals surface area contributed by atoms with E-state index in [1.165, 1.54) is 7.11 Å². The van der Waals surface area contributed by atoms with E-state index in [1.807, 2.05) is 91.1 Å². The number of carbonyl (C=O) groups excluding carboxylic acids is 3. The van der Waals surface area contributed by atoms with Crippen LogP contribution in [0.5, 0.6) is 0 Å². The Bertz CT molecular complexity index is 1690. The predicted molar refractivity (Wildman–Crippen MR) is 160 cm³/mol. The molecule has 0 aliphatic carbocycles. The lowest BCUT2D eigenvalue weighted by molar-refractivity contribution is -0.154. The molecule has 0 amide bonds. The van der Waals surface area contributed by atoms with E-state index in [-0.39, 0.29) is 31.6 Å². The zero-order chi connectivity index (χ0) is 29.3. The summed E-state index contributed by atoms with van der Waals surface area (Å²) >= 11 is 0. The first kappa shape index (κ1) is 28.5. The molecule has 7 nitrogen and oxygen atoms in total. The van der Waals surface area contributed by atoms with Gasteiger partial charge in [-0.3, -0.25) is 9.59 Å². The number of esters is 2. The van der Waals surface area contributed by atoms with Gasteiger partial charge < -0.3 is 19.2 Å². The van der Waals surface area contributed by atoms with E-state index in [1.54, 1.807) is 12.1 Å². The van der Waals surface area contributed by atoms with Gasteiger partial charge in [-0.1, -0.05) is 78.9 Å². The standard InChI is InChI=1S/C35H31NO6/c1-40-23-42-32(37)16-7-11-27-21-36-31-15-8-14-30(33(27)31)34(38)29-13-6-5-12-28(29)25-17-19-26(20-18-25)35(39)41-22-24-9-3-2-4-10-24/h2-6,8-10,12-15,17-21,36H,7,11,16,22-23H2,1H3. The number of methoxy groups -OCH3 is 1. The van der Waals surface area contributed by atoms with Gasteiger partial charge in [-0.2, -0.15) is 0 Å². The van der Waals surface area contributed by atoms with E-state index >= 15 is 0 Å². The number of hydrogen-bond acceptors (Lipinski definition) is 6. The van der Waals surface area contributed by atoms with Crippen LogP contribution < -0.4 is 0 Å². The van der Waals surface area contributed by atoms with Crippen molar-refractivity contribution in [3.05, 3.63) is 131 Å². The molecular formula is C35H31NO6. The molecule has 1 heterocycles. The first-order chi connectivity index (χ1) is 20.5. The van der Waals surface area contributed by atoms with Crippen LogP contribution in [0.25, 0.3) is 22.0 Å². The summed E-state index contributed by atoms with van der Waals surface area (Å²) in [7, 11) is 1.47. The third kappa shape index (κ3) is 6.65. The summed E-state index contributed by atoms with van der Waals surface area (Å²) in [6.07, 6.45) is 3.33. The number of hydrogen-bond donors (Lipinski definition) is 1. The van der Waals surface area contributed by atoms with Gasteiger partial charge in [0.1, 0.15) is 6.61 Å². The number of ketones is 1. The van der Waals surface area contributed by atoms with E-state index in [4.69, 9.17) is 14.2 Å². The molecule has 1 N–H and O–H groups in total. The number of H-pyrrole nitrogens is 1. The van der Waals surface area contributed by atoms with Crippen LogP contribution in [-0.4, -0.2) is 36.6 Å². The number of ether oxygens (including phenoxy) is 3. The molecule has 0 saturated heterocycles. The lowest BCUT2D eigenvalue weighted by atomic mass is 9.91. The van der Waals surface area contributed by atoms with Crippen LogP contribution in [0.15, 0.2) is 103 Å². The average molecular weight is 562 g/mol. The molecule has 1 aromatic heterocycles. The van der Waals surface area contributed by atoms with Crippen molar-refractivity contribution in [3.8, 4) is 11.1 Å². The monoisotopic (exact) mass is 561 g/mol. The molecule has 0 aliphatic rings. The van der Waals surface area contributed by atoms with Gasteiger partial charge in [-0.05, 0) is 53.3 Å². The number of carbonyl (C=O) groups is 3. The van der Waals surface area contributed by atoms with Gasteiger partial charge in [0.2, 0.25) is 0 Å². The van der Waals surface area contributed by atoms with E-state index in [2.05, 4.69) is 4.98 Å². The molecule has 0 fully saturated rings. The second kappa shape index (κ2) is 13.6. The third-order valence-electron chi connectivity index (χ3n) is 7.01. The molecule has 0 bridgehead atoms. The number of aromatic nitrogens is 1. The maximum atomic E-state index is 14.0. The predicted octanol–water partition coefficient (Wildman–Crippen LogP) is 6.89. The highest BCUT2D eigenvalue weighted by atomic mass is 16.7. The molecule has 0 spiro atoms. The summed E-state index contributed by atoms with van der Waals surface area (Å²) in [5.74, 6) is -0.839. The van der Waals surface area contributed by atoms with Gasteiger partial charge in [0, 0.05) is 41.8 Å². The molecule has 0 saturated carbocycles. The SMILES string of the molecule is COCOC(=O)CCCc1c[nH]c2cccc(C(=O)c3ccccc3-c3ccc(C(=O)OCc4ccccc4)cc3)c12. The number of rotatable bonds is 12. The molecule has 0 unspecified atom stereocenters. The highest BCUT2D eigenvalue weighted by molar-refractivity contribution is 6.19. The first-order valence-electron chi connectivity index (χ1n) is 13.7. The van der Waals surface area contributed by atoms with Gasteiger partial charge in [0.25, 0.3) is 0 Å². The van der Waals surface area contributed by atoms with Gasteiger partial charge in [0.05, 0.1) is 5.56 Å². The average Bonchev–Trinajstić information content (AvgIpc) is 3.46. The Hall–Kier alpha value is -5.01. The fourth-order valence-electron chi connectivity index (χ4n) is 4.93. The Kier molecular flexibility index (Phi) is 9.21. The fraction of sp³-hybridized carbons (Fsp3) is 0.171. The molecule has 7 heteroatoms. The van der Waals surface area contributed by atoms with Crippen molar-refractivity contribution in [1.82, 2.24) is 4.98 Å². The molecule has 42 heavy (non-hydrogen) atoms. The maximum absolute atomic E-state index is 14.0. The highest BCUT2D eigenvalue weighted by Crippen LogP contribution is 2.30. The topological polar surface area (TPSA) is 94.7 Å². The van der Waals surface area contributed by atoms with Crippen LogP contribution in [-0.2, 0) is 32.0 Å². The minimum absolute atomic E-state index is 0.0644. The van der Waals surface area contributed by atoms with Crippen LogP contribution >= 0.6 is 0 Å². The van der Waals surface area contributed by atoms with Gasteiger partial charge in [-0.25, -0.2) is 4.79 Å². The Balaban J connectivity index is 1.35. The van der Waals surface area contributed by atoms with E-state index in [0.717, 1.165) is 33.2 Å². The molecule has 0 atom stereocenters. The zero-order valence-electron chi connectivity index (χ0n) is 23.3. The van der Waals surface area contributed by atoms with E-state index in [9.17, 15) is 14.4 Å². The number of fused-ring (bicyclic) bond motifs is 1.